The lowest BCUT2D eigenvalue weighted by Crippen LogP contribution is -2.46. The first kappa shape index (κ1) is 18.7. The van der Waals surface area contributed by atoms with Crippen molar-refractivity contribution in [1.29, 1.82) is 0 Å². The number of benzene rings is 1. The van der Waals surface area contributed by atoms with Crippen LogP contribution in [-0.4, -0.2) is 44.0 Å². The highest BCUT2D eigenvalue weighted by Crippen LogP contribution is 2.35. The molecule has 2 aliphatic heterocycles. The molecule has 0 saturated carbocycles. The van der Waals surface area contributed by atoms with Crippen molar-refractivity contribution in [3.05, 3.63) is 28.3 Å². The highest BCUT2D eigenvalue weighted by Gasteiger charge is 2.34. The molecule has 138 valence electrons. The number of nitrogens with zero attached hydrogens (tertiary/aromatic N) is 2. The fourth-order valence-electron chi connectivity index (χ4n) is 3.93. The molecule has 0 aliphatic carbocycles. The van der Waals surface area contributed by atoms with E-state index >= 15 is 0 Å². The molecule has 5 nitrogen and oxygen atoms in total. The topological polar surface area (TPSA) is 57.7 Å². The Morgan fingerprint density at radius 1 is 1.24 bits per heavy atom. The van der Waals surface area contributed by atoms with E-state index in [0.29, 0.717) is 31.0 Å². The van der Waals surface area contributed by atoms with E-state index in [-0.39, 0.29) is 17.6 Å². The van der Waals surface area contributed by atoms with Crippen molar-refractivity contribution >= 4 is 33.2 Å². The van der Waals surface area contributed by atoms with Gasteiger partial charge in [0.1, 0.15) is 0 Å². The summed E-state index contributed by atoms with van der Waals surface area (Å²) in [5, 5.41) is 0.712. The van der Waals surface area contributed by atoms with Crippen molar-refractivity contribution in [2.75, 3.05) is 30.3 Å². The second-order valence-corrected chi connectivity index (χ2v) is 9.59. The minimum Gasteiger partial charge on any atom is -0.312 e. The maximum absolute atomic E-state index is 13.1. The molecule has 1 fully saturated rings. The summed E-state index contributed by atoms with van der Waals surface area (Å²) < 4.78 is 25.5. The summed E-state index contributed by atoms with van der Waals surface area (Å²) in [5.41, 5.74) is 3.17. The summed E-state index contributed by atoms with van der Waals surface area (Å²) in [4.78, 5) is 15.0. The molecule has 0 radical (unpaired) electrons. The van der Waals surface area contributed by atoms with Gasteiger partial charge >= 0.3 is 0 Å². The monoisotopic (exact) mass is 384 g/mol. The van der Waals surface area contributed by atoms with E-state index in [4.69, 9.17) is 11.6 Å². The van der Waals surface area contributed by atoms with Crippen molar-refractivity contribution in [3.8, 4) is 0 Å². The van der Waals surface area contributed by atoms with Crippen LogP contribution in [0, 0.1) is 12.8 Å². The molecule has 0 bridgehead atoms. The summed E-state index contributed by atoms with van der Waals surface area (Å²) in [7, 11) is -3.16. The molecular weight excluding hydrogens is 360 g/mol. The van der Waals surface area contributed by atoms with E-state index in [1.807, 2.05) is 24.0 Å². The predicted molar refractivity (Wildman–Crippen MR) is 101 cm³/mol. The van der Waals surface area contributed by atoms with Gasteiger partial charge in [0.15, 0.2) is 0 Å². The lowest BCUT2D eigenvalue weighted by atomic mass is 9.92. The van der Waals surface area contributed by atoms with Crippen molar-refractivity contribution < 1.29 is 13.2 Å². The zero-order chi connectivity index (χ0) is 18.2. The van der Waals surface area contributed by atoms with Crippen LogP contribution < -0.4 is 4.90 Å². The molecule has 2 aliphatic rings. The molecule has 0 N–H and O–H groups in total. The van der Waals surface area contributed by atoms with Crippen molar-refractivity contribution in [2.24, 2.45) is 5.92 Å². The van der Waals surface area contributed by atoms with Crippen molar-refractivity contribution in [2.45, 2.75) is 39.5 Å². The third-order valence-electron chi connectivity index (χ3n) is 5.27. The number of hydrogen-bond donors (Lipinski definition) is 0. The van der Waals surface area contributed by atoms with Gasteiger partial charge in [-0.15, -0.1) is 0 Å². The average Bonchev–Trinajstić information content (AvgIpc) is 2.60. The van der Waals surface area contributed by atoms with Gasteiger partial charge in [0.05, 0.1) is 5.75 Å². The minimum atomic E-state index is -3.16. The zero-order valence-corrected chi connectivity index (χ0v) is 16.4. The van der Waals surface area contributed by atoms with Gasteiger partial charge in [-0.1, -0.05) is 11.6 Å². The van der Waals surface area contributed by atoms with E-state index < -0.39 is 10.0 Å². The van der Waals surface area contributed by atoms with Gasteiger partial charge in [0.2, 0.25) is 15.9 Å². The quantitative estimate of drug-likeness (QED) is 0.804. The van der Waals surface area contributed by atoms with E-state index in [2.05, 4.69) is 0 Å². The number of aryl methyl sites for hydroxylation is 2. The molecule has 3 rings (SSSR count). The number of sulfonamides is 1. The Kier molecular flexibility index (Phi) is 5.42. The smallest absolute Gasteiger partial charge is 0.230 e. The number of amides is 1. The van der Waals surface area contributed by atoms with E-state index in [1.54, 1.807) is 6.92 Å². The summed E-state index contributed by atoms with van der Waals surface area (Å²) >= 11 is 6.16. The summed E-state index contributed by atoms with van der Waals surface area (Å²) in [6.45, 7) is 5.25. The summed E-state index contributed by atoms with van der Waals surface area (Å²) in [6.07, 6.45) is 3.06. The zero-order valence-electron chi connectivity index (χ0n) is 14.8. The van der Waals surface area contributed by atoms with Crippen LogP contribution in [0.5, 0.6) is 0 Å². The van der Waals surface area contributed by atoms with Crippen LogP contribution in [-0.2, 0) is 21.2 Å². The summed E-state index contributed by atoms with van der Waals surface area (Å²) in [5.74, 6) is 0.134. The van der Waals surface area contributed by atoms with Gasteiger partial charge in [0, 0.05) is 36.3 Å². The van der Waals surface area contributed by atoms with Crippen LogP contribution in [0.1, 0.15) is 37.3 Å². The molecule has 1 aromatic rings. The number of rotatable bonds is 3. The first-order valence-electron chi connectivity index (χ1n) is 8.91. The fraction of sp³-hybridized carbons (Fsp3) is 0.611. The maximum atomic E-state index is 13.1. The first-order chi connectivity index (χ1) is 11.8. The molecular formula is C18H25ClN2O3S. The summed E-state index contributed by atoms with van der Waals surface area (Å²) in [6, 6.07) is 3.86. The Morgan fingerprint density at radius 2 is 1.92 bits per heavy atom. The van der Waals surface area contributed by atoms with Gasteiger partial charge in [-0.3, -0.25) is 4.79 Å². The third kappa shape index (κ3) is 3.71. The maximum Gasteiger partial charge on any atom is 0.230 e. The third-order valence-corrected chi connectivity index (χ3v) is 7.37. The molecule has 0 aromatic heterocycles. The standard InChI is InChI=1S/C18H25ClN2O3S/c1-3-25(23,24)20-9-6-14(7-10-20)18(22)21-8-4-5-15-12-16(19)11-13(2)17(15)21/h11-12,14H,3-10H2,1-2H3. The average molecular weight is 385 g/mol. The Hall–Kier alpha value is -1.11. The fourth-order valence-corrected chi connectivity index (χ4v) is 5.35. The normalized spacial score (nSPS) is 19.7. The second kappa shape index (κ2) is 7.25. The molecule has 25 heavy (non-hydrogen) atoms. The van der Waals surface area contributed by atoms with E-state index in [1.165, 1.54) is 4.31 Å². The van der Waals surface area contributed by atoms with Gasteiger partial charge < -0.3 is 4.90 Å². The molecule has 1 saturated heterocycles. The SMILES string of the molecule is CCS(=O)(=O)N1CCC(C(=O)N2CCCc3cc(Cl)cc(C)c32)CC1. The second-order valence-electron chi connectivity index (χ2n) is 6.90. The van der Waals surface area contributed by atoms with Gasteiger partial charge in [-0.05, 0) is 62.8 Å². The highest BCUT2D eigenvalue weighted by molar-refractivity contribution is 7.89. The molecule has 7 heteroatoms. The number of fused-ring (bicyclic) bond motifs is 1. The van der Waals surface area contributed by atoms with E-state index in [9.17, 15) is 13.2 Å². The number of anilines is 1. The number of carbonyl (C=O) groups excluding carboxylic acids is 1. The van der Waals surface area contributed by atoms with Crippen LogP contribution in [0.3, 0.4) is 0 Å². The Morgan fingerprint density at radius 3 is 2.56 bits per heavy atom. The number of halogens is 1. The van der Waals surface area contributed by atoms with Crippen LogP contribution in [0.15, 0.2) is 12.1 Å². The predicted octanol–water partition coefficient (Wildman–Crippen LogP) is 2.99. The van der Waals surface area contributed by atoms with Gasteiger partial charge in [0.25, 0.3) is 0 Å². The van der Waals surface area contributed by atoms with Crippen LogP contribution in [0.2, 0.25) is 5.02 Å². The highest BCUT2D eigenvalue weighted by atomic mass is 35.5. The van der Waals surface area contributed by atoms with Gasteiger partial charge in [-0.25, -0.2) is 12.7 Å². The largest absolute Gasteiger partial charge is 0.312 e. The molecule has 0 atom stereocenters. The van der Waals surface area contributed by atoms with Crippen LogP contribution in [0.25, 0.3) is 0 Å². The van der Waals surface area contributed by atoms with Crippen LogP contribution >= 0.6 is 11.6 Å². The van der Waals surface area contributed by atoms with Crippen molar-refractivity contribution in [3.63, 3.8) is 0 Å². The number of hydrogen-bond acceptors (Lipinski definition) is 3. The van der Waals surface area contributed by atoms with E-state index in [0.717, 1.165) is 36.2 Å². The molecule has 0 unspecified atom stereocenters. The molecule has 1 aromatic carbocycles. The van der Waals surface area contributed by atoms with Gasteiger partial charge in [-0.2, -0.15) is 0 Å². The van der Waals surface area contributed by atoms with Crippen molar-refractivity contribution in [1.82, 2.24) is 4.31 Å². The lowest BCUT2D eigenvalue weighted by Gasteiger charge is -2.36. The minimum absolute atomic E-state index is 0.107. The molecule has 2 heterocycles. The first-order valence-corrected chi connectivity index (χ1v) is 10.9. The Bertz CT molecular complexity index is 771. The van der Waals surface area contributed by atoms with Crippen LogP contribution in [0.4, 0.5) is 5.69 Å². The molecule has 0 spiro atoms. The number of carbonyl (C=O) groups is 1. The number of piperidine rings is 1. The Balaban J connectivity index is 1.76. The Labute approximate surface area is 155 Å². The molecule has 1 amide bonds. The lowest BCUT2D eigenvalue weighted by molar-refractivity contribution is -0.123.